The number of thioether (sulfide) groups is 1. The number of hydrogen-bond acceptors (Lipinski definition) is 8. The van der Waals surface area contributed by atoms with Crippen LogP contribution in [0.15, 0.2) is 47.3 Å². The summed E-state index contributed by atoms with van der Waals surface area (Å²) < 4.78 is 5.85. The number of nitrogens with zero attached hydrogens (tertiary/aromatic N) is 3. The van der Waals surface area contributed by atoms with Crippen LogP contribution in [0.25, 0.3) is 33.7 Å². The number of benzene rings is 2. The average molecular weight is 462 g/mol. The molecule has 0 radical (unpaired) electrons. The number of rotatable bonds is 6. The fourth-order valence-electron chi connectivity index (χ4n) is 3.68. The van der Waals surface area contributed by atoms with Crippen molar-refractivity contribution in [2.75, 3.05) is 6.61 Å². The Balaban J connectivity index is 1.49. The molecule has 166 valence electrons. The van der Waals surface area contributed by atoms with Crippen LogP contribution in [0.5, 0.6) is 5.75 Å². The Labute approximate surface area is 191 Å². The van der Waals surface area contributed by atoms with Crippen LogP contribution in [0.2, 0.25) is 0 Å². The minimum Gasteiger partial charge on any atom is -0.493 e. The fraction of sp³-hybridized carbons (Fsp3) is 0.182. The molecule has 1 atom stereocenters. The van der Waals surface area contributed by atoms with E-state index in [4.69, 9.17) is 4.74 Å². The van der Waals surface area contributed by atoms with Gasteiger partial charge in [-0.05, 0) is 42.2 Å². The van der Waals surface area contributed by atoms with Gasteiger partial charge in [0.1, 0.15) is 11.6 Å². The topological polar surface area (TPSA) is 143 Å². The van der Waals surface area contributed by atoms with E-state index in [1.165, 1.54) is 0 Å². The van der Waals surface area contributed by atoms with Crippen LogP contribution >= 0.6 is 11.8 Å². The van der Waals surface area contributed by atoms with Crippen LogP contribution in [0.3, 0.4) is 0 Å². The highest BCUT2D eigenvalue weighted by atomic mass is 32.2. The summed E-state index contributed by atoms with van der Waals surface area (Å²) in [4.78, 5) is 42.8. The molecule has 1 aliphatic rings. The van der Waals surface area contributed by atoms with Gasteiger partial charge in [-0.1, -0.05) is 42.1 Å². The lowest BCUT2D eigenvalue weighted by Crippen LogP contribution is -2.25. The number of aromatic amines is 2. The molecule has 1 unspecified atom stereocenters. The maximum absolute atomic E-state index is 12.3. The molecule has 4 aromatic rings. The Hall–Kier alpha value is -3.99. The molecule has 1 saturated heterocycles. The summed E-state index contributed by atoms with van der Waals surface area (Å²) in [7, 11) is 0. The van der Waals surface area contributed by atoms with Crippen molar-refractivity contribution in [2.24, 2.45) is 0 Å². The fourth-order valence-corrected chi connectivity index (χ4v) is 4.54. The Morgan fingerprint density at radius 3 is 2.70 bits per heavy atom. The van der Waals surface area contributed by atoms with Crippen molar-refractivity contribution in [2.45, 2.75) is 18.6 Å². The summed E-state index contributed by atoms with van der Waals surface area (Å²) in [5, 5.41) is 11.7. The standard InChI is InChI=1S/C22H18N6O4S/c1-2-32-15-10-13(6-7-14(15)18-23-19-17(21(30)24-18)26-28-27-19)12-5-3-4-11(8-12)9-16-20(29)25-22(31)33-16/h3-8,10,16H,2,9H2,1H3,(H,25,29,31)(H2,23,24,26,27,28,30). The van der Waals surface area contributed by atoms with Gasteiger partial charge in [0.2, 0.25) is 11.6 Å². The molecule has 0 spiro atoms. The largest absolute Gasteiger partial charge is 0.493 e. The summed E-state index contributed by atoms with van der Waals surface area (Å²) in [6.07, 6.45) is 0.454. The second kappa shape index (κ2) is 8.51. The maximum atomic E-state index is 12.3. The van der Waals surface area contributed by atoms with Crippen LogP contribution in [-0.4, -0.2) is 48.4 Å². The first-order chi connectivity index (χ1) is 16.0. The number of fused-ring (bicyclic) bond motifs is 1. The zero-order valence-electron chi connectivity index (χ0n) is 17.4. The number of hydrogen-bond donors (Lipinski definition) is 3. The van der Waals surface area contributed by atoms with E-state index in [0.29, 0.717) is 30.2 Å². The predicted octanol–water partition coefficient (Wildman–Crippen LogP) is 2.67. The van der Waals surface area contributed by atoms with Crippen molar-refractivity contribution in [3.05, 3.63) is 58.4 Å². The van der Waals surface area contributed by atoms with Gasteiger partial charge in [-0.2, -0.15) is 5.21 Å². The maximum Gasteiger partial charge on any atom is 0.286 e. The molecule has 2 amide bonds. The Bertz CT molecular complexity index is 1450. The van der Waals surface area contributed by atoms with Crippen LogP contribution in [0, 0.1) is 0 Å². The first-order valence-electron chi connectivity index (χ1n) is 10.2. The lowest BCUT2D eigenvalue weighted by atomic mass is 9.99. The number of nitrogens with one attached hydrogen (secondary N) is 3. The minimum atomic E-state index is -0.427. The number of amides is 2. The molecule has 3 N–H and O–H groups in total. The Kier molecular flexibility index (Phi) is 5.38. The molecule has 5 rings (SSSR count). The van der Waals surface area contributed by atoms with E-state index in [1.54, 1.807) is 0 Å². The third-order valence-corrected chi connectivity index (χ3v) is 6.16. The molecule has 2 aromatic carbocycles. The van der Waals surface area contributed by atoms with Crippen molar-refractivity contribution in [3.63, 3.8) is 0 Å². The molecule has 1 aliphatic heterocycles. The molecule has 33 heavy (non-hydrogen) atoms. The second-order valence-corrected chi connectivity index (χ2v) is 8.52. The summed E-state index contributed by atoms with van der Waals surface area (Å²) >= 11 is 1.01. The zero-order chi connectivity index (χ0) is 22.9. The van der Waals surface area contributed by atoms with E-state index >= 15 is 0 Å². The van der Waals surface area contributed by atoms with Gasteiger partial charge in [0.15, 0.2) is 5.52 Å². The molecule has 3 heterocycles. The smallest absolute Gasteiger partial charge is 0.286 e. The third kappa shape index (κ3) is 4.10. The molecule has 10 nitrogen and oxygen atoms in total. The minimum absolute atomic E-state index is 0.140. The van der Waals surface area contributed by atoms with Crippen molar-refractivity contribution in [3.8, 4) is 28.3 Å². The number of carbonyl (C=O) groups is 2. The van der Waals surface area contributed by atoms with E-state index in [0.717, 1.165) is 28.5 Å². The summed E-state index contributed by atoms with van der Waals surface area (Å²) in [5.74, 6) is 0.630. The van der Waals surface area contributed by atoms with Crippen molar-refractivity contribution < 1.29 is 14.3 Å². The van der Waals surface area contributed by atoms with Gasteiger partial charge in [0.05, 0.1) is 17.4 Å². The van der Waals surface area contributed by atoms with Gasteiger partial charge in [-0.25, -0.2) is 4.98 Å². The van der Waals surface area contributed by atoms with Crippen LogP contribution in [-0.2, 0) is 11.2 Å². The van der Waals surface area contributed by atoms with Crippen LogP contribution < -0.4 is 15.6 Å². The second-order valence-electron chi connectivity index (χ2n) is 7.34. The Morgan fingerprint density at radius 2 is 1.91 bits per heavy atom. The molecule has 0 bridgehead atoms. The predicted molar refractivity (Wildman–Crippen MR) is 123 cm³/mol. The SMILES string of the molecule is CCOc1cc(-c2cccc(CC3SC(=O)NC3=O)c2)ccc1-c1nc2n[nH]nc2c(=O)[nH]1. The van der Waals surface area contributed by atoms with Gasteiger partial charge < -0.3 is 9.72 Å². The number of imide groups is 1. The van der Waals surface area contributed by atoms with E-state index in [9.17, 15) is 14.4 Å². The number of carbonyl (C=O) groups excluding carboxylic acids is 2. The van der Waals surface area contributed by atoms with Gasteiger partial charge in [0.25, 0.3) is 10.8 Å². The molecular formula is C22H18N6O4S. The quantitative estimate of drug-likeness (QED) is 0.397. The Morgan fingerprint density at radius 1 is 1.06 bits per heavy atom. The summed E-state index contributed by atoms with van der Waals surface area (Å²) in [6, 6.07) is 13.4. The first-order valence-corrected chi connectivity index (χ1v) is 11.1. The van der Waals surface area contributed by atoms with Crippen molar-refractivity contribution in [1.82, 2.24) is 30.7 Å². The van der Waals surface area contributed by atoms with Crippen LogP contribution in [0.4, 0.5) is 4.79 Å². The number of aromatic nitrogens is 5. The van der Waals surface area contributed by atoms with E-state index in [2.05, 4.69) is 30.7 Å². The molecule has 0 aliphatic carbocycles. The van der Waals surface area contributed by atoms with Crippen molar-refractivity contribution >= 4 is 34.1 Å². The molecule has 2 aromatic heterocycles. The van der Waals surface area contributed by atoms with Gasteiger partial charge >= 0.3 is 0 Å². The molecule has 11 heteroatoms. The molecule has 1 fully saturated rings. The van der Waals surface area contributed by atoms with Crippen LogP contribution in [0.1, 0.15) is 12.5 Å². The van der Waals surface area contributed by atoms with E-state index in [-0.39, 0.29) is 22.3 Å². The lowest BCUT2D eigenvalue weighted by Gasteiger charge is -2.13. The van der Waals surface area contributed by atoms with E-state index < -0.39 is 10.8 Å². The number of H-pyrrole nitrogens is 2. The van der Waals surface area contributed by atoms with Gasteiger partial charge in [-0.15, -0.1) is 10.2 Å². The molecule has 0 saturated carbocycles. The van der Waals surface area contributed by atoms with Crippen molar-refractivity contribution in [1.29, 1.82) is 0 Å². The summed E-state index contributed by atoms with van der Waals surface area (Å²) in [6.45, 7) is 2.30. The lowest BCUT2D eigenvalue weighted by molar-refractivity contribution is -0.118. The van der Waals surface area contributed by atoms with E-state index in [1.807, 2.05) is 49.4 Å². The highest BCUT2D eigenvalue weighted by molar-refractivity contribution is 8.15. The van der Waals surface area contributed by atoms with Gasteiger partial charge in [0, 0.05) is 0 Å². The highest BCUT2D eigenvalue weighted by Gasteiger charge is 2.31. The first kappa shape index (κ1) is 20.9. The monoisotopic (exact) mass is 462 g/mol. The van der Waals surface area contributed by atoms with Gasteiger partial charge in [-0.3, -0.25) is 19.7 Å². The average Bonchev–Trinajstić information content (AvgIpc) is 3.40. The third-order valence-electron chi connectivity index (χ3n) is 5.18. The number of ether oxygens (including phenoxy) is 1. The highest BCUT2D eigenvalue weighted by Crippen LogP contribution is 2.33. The normalized spacial score (nSPS) is 15.7. The molecular weight excluding hydrogens is 444 g/mol. The zero-order valence-corrected chi connectivity index (χ0v) is 18.2. The summed E-state index contributed by atoms with van der Waals surface area (Å²) in [5.41, 5.74) is 3.36.